The first kappa shape index (κ1) is 15.8. The van der Waals surface area contributed by atoms with Crippen LogP contribution in [0.15, 0.2) is 42.6 Å². The van der Waals surface area contributed by atoms with E-state index in [1.807, 2.05) is 18.2 Å². The van der Waals surface area contributed by atoms with Crippen LogP contribution in [0.5, 0.6) is 0 Å². The summed E-state index contributed by atoms with van der Waals surface area (Å²) in [5.74, 6) is -1.28. The summed E-state index contributed by atoms with van der Waals surface area (Å²) in [4.78, 5) is 1.60. The molecule has 3 nitrogen and oxygen atoms in total. The van der Waals surface area contributed by atoms with Crippen LogP contribution in [0, 0.1) is 11.6 Å². The number of nitrogens with one attached hydrogen (secondary N) is 1. The number of fused-ring (bicyclic) bond motifs is 1. The van der Waals surface area contributed by atoms with Crippen LogP contribution in [0.3, 0.4) is 0 Å². The van der Waals surface area contributed by atoms with E-state index in [9.17, 15) is 13.9 Å². The molecule has 0 aliphatic carbocycles. The average Bonchev–Trinajstić information content (AvgIpc) is 2.54. The zero-order valence-electron chi connectivity index (χ0n) is 12.7. The van der Waals surface area contributed by atoms with Crippen molar-refractivity contribution in [2.75, 3.05) is 18.0 Å². The lowest BCUT2D eigenvalue weighted by Crippen LogP contribution is -2.24. The Bertz CT molecular complexity index is 779. The van der Waals surface area contributed by atoms with Crippen molar-refractivity contribution < 1.29 is 13.9 Å². The fourth-order valence-corrected chi connectivity index (χ4v) is 3.07. The summed E-state index contributed by atoms with van der Waals surface area (Å²) >= 11 is 1.23. The quantitative estimate of drug-likeness (QED) is 0.832. The minimum Gasteiger partial charge on any atom is -0.369 e. The molecule has 0 bridgehead atoms. The standard InChI is InChI=1S/C17H16F2N2OS/c1-21-9-13(10-5-3-4-6-11(10)17(21)22)12-7-16(20-23-2)15(19)8-14(12)18/h3-9,17,20,22H,1-2H3. The van der Waals surface area contributed by atoms with Gasteiger partial charge in [0.15, 0.2) is 6.23 Å². The van der Waals surface area contributed by atoms with Gasteiger partial charge in [-0.05, 0) is 11.6 Å². The molecule has 120 valence electrons. The Kier molecular flexibility index (Phi) is 4.28. The van der Waals surface area contributed by atoms with Gasteiger partial charge in [0.25, 0.3) is 0 Å². The SMILES string of the molecule is CSNc1cc(C2=CN(C)C(O)c3ccccc32)c(F)cc1F. The summed E-state index contributed by atoms with van der Waals surface area (Å²) in [5.41, 5.74) is 2.54. The van der Waals surface area contributed by atoms with Crippen molar-refractivity contribution in [3.63, 3.8) is 0 Å². The normalized spacial score (nSPS) is 16.8. The van der Waals surface area contributed by atoms with Crippen molar-refractivity contribution in [3.8, 4) is 0 Å². The number of rotatable bonds is 3. The maximum Gasteiger partial charge on any atom is 0.153 e. The number of aliphatic hydroxyl groups excluding tert-OH is 1. The number of hydrogen-bond donors (Lipinski definition) is 2. The molecule has 6 heteroatoms. The van der Waals surface area contributed by atoms with E-state index in [0.29, 0.717) is 11.1 Å². The van der Waals surface area contributed by atoms with Crippen LogP contribution in [0.2, 0.25) is 0 Å². The van der Waals surface area contributed by atoms with Crippen LogP contribution < -0.4 is 4.72 Å². The first-order chi connectivity index (χ1) is 11.0. The Hall–Kier alpha value is -2.05. The van der Waals surface area contributed by atoms with Gasteiger partial charge in [-0.15, -0.1) is 0 Å². The Morgan fingerprint density at radius 1 is 1.13 bits per heavy atom. The molecule has 1 heterocycles. The Labute approximate surface area is 137 Å². The molecule has 0 fully saturated rings. The lowest BCUT2D eigenvalue weighted by Gasteiger charge is -2.31. The number of hydrogen-bond acceptors (Lipinski definition) is 4. The van der Waals surface area contributed by atoms with Crippen LogP contribution in [-0.2, 0) is 0 Å². The lowest BCUT2D eigenvalue weighted by atomic mass is 9.90. The van der Waals surface area contributed by atoms with Crippen molar-refractivity contribution in [1.82, 2.24) is 4.90 Å². The van der Waals surface area contributed by atoms with Gasteiger partial charge in [0.2, 0.25) is 0 Å². The van der Waals surface area contributed by atoms with E-state index in [1.165, 1.54) is 18.0 Å². The summed E-state index contributed by atoms with van der Waals surface area (Å²) in [6.07, 6.45) is 2.65. The predicted octanol–water partition coefficient (Wildman–Crippen LogP) is 3.98. The lowest BCUT2D eigenvalue weighted by molar-refractivity contribution is 0.0522. The zero-order chi connectivity index (χ0) is 16.6. The molecule has 1 aliphatic heterocycles. The van der Waals surface area contributed by atoms with E-state index < -0.39 is 17.9 Å². The third-order valence-electron chi connectivity index (χ3n) is 3.81. The molecule has 0 spiro atoms. The Balaban J connectivity index is 2.18. The van der Waals surface area contributed by atoms with E-state index in [1.54, 1.807) is 30.5 Å². The molecule has 1 atom stereocenters. The van der Waals surface area contributed by atoms with Gasteiger partial charge in [0.05, 0.1) is 5.69 Å². The van der Waals surface area contributed by atoms with Gasteiger partial charge < -0.3 is 14.7 Å². The van der Waals surface area contributed by atoms with Gasteiger partial charge in [0, 0.05) is 42.3 Å². The van der Waals surface area contributed by atoms with Gasteiger partial charge in [0.1, 0.15) is 11.6 Å². The first-order valence-corrected chi connectivity index (χ1v) is 8.25. The second-order valence-corrected chi connectivity index (χ2v) is 5.90. The monoisotopic (exact) mass is 334 g/mol. The van der Waals surface area contributed by atoms with Gasteiger partial charge in [-0.2, -0.15) is 0 Å². The van der Waals surface area contributed by atoms with E-state index in [2.05, 4.69) is 4.72 Å². The van der Waals surface area contributed by atoms with Gasteiger partial charge in [-0.3, -0.25) is 0 Å². The highest BCUT2D eigenvalue weighted by Gasteiger charge is 2.25. The summed E-state index contributed by atoms with van der Waals surface area (Å²) in [5, 5.41) is 10.3. The van der Waals surface area contributed by atoms with Crippen LogP contribution in [-0.4, -0.2) is 23.3 Å². The minimum atomic E-state index is -0.790. The highest BCUT2D eigenvalue weighted by molar-refractivity contribution is 7.99. The van der Waals surface area contributed by atoms with E-state index in [-0.39, 0.29) is 11.3 Å². The number of aliphatic hydroxyl groups is 1. The average molecular weight is 334 g/mol. The van der Waals surface area contributed by atoms with Gasteiger partial charge in [-0.25, -0.2) is 8.78 Å². The first-order valence-electron chi connectivity index (χ1n) is 7.02. The van der Waals surface area contributed by atoms with Crippen LogP contribution in [0.25, 0.3) is 5.57 Å². The fourth-order valence-electron chi connectivity index (χ4n) is 2.69. The topological polar surface area (TPSA) is 35.5 Å². The molecule has 0 aromatic heterocycles. The molecule has 0 saturated carbocycles. The predicted molar refractivity (Wildman–Crippen MR) is 89.7 cm³/mol. The van der Waals surface area contributed by atoms with Crippen molar-refractivity contribution in [3.05, 3.63) is 70.9 Å². The van der Waals surface area contributed by atoms with Crippen LogP contribution in [0.4, 0.5) is 14.5 Å². The molecule has 1 unspecified atom stereocenters. The van der Waals surface area contributed by atoms with Crippen molar-refractivity contribution in [2.24, 2.45) is 0 Å². The number of anilines is 1. The maximum atomic E-state index is 14.4. The number of nitrogens with zero attached hydrogens (tertiary/aromatic N) is 1. The molecular weight excluding hydrogens is 318 g/mol. The van der Waals surface area contributed by atoms with Crippen molar-refractivity contribution in [2.45, 2.75) is 6.23 Å². The third kappa shape index (κ3) is 2.80. The zero-order valence-corrected chi connectivity index (χ0v) is 13.5. The van der Waals surface area contributed by atoms with E-state index in [4.69, 9.17) is 0 Å². The van der Waals surface area contributed by atoms with Crippen molar-refractivity contribution in [1.29, 1.82) is 0 Å². The van der Waals surface area contributed by atoms with Crippen LogP contribution >= 0.6 is 11.9 Å². The molecule has 2 aromatic carbocycles. The summed E-state index contributed by atoms with van der Waals surface area (Å²) < 4.78 is 31.0. The molecule has 0 radical (unpaired) electrons. The molecular formula is C17H16F2N2OS. The number of halogens is 2. The van der Waals surface area contributed by atoms with Gasteiger partial charge >= 0.3 is 0 Å². The smallest absolute Gasteiger partial charge is 0.153 e. The molecule has 0 saturated heterocycles. The maximum absolute atomic E-state index is 14.4. The fraction of sp³-hybridized carbons (Fsp3) is 0.176. The summed E-state index contributed by atoms with van der Waals surface area (Å²) in [6.45, 7) is 0. The summed E-state index contributed by atoms with van der Waals surface area (Å²) in [7, 11) is 1.71. The minimum absolute atomic E-state index is 0.223. The largest absolute Gasteiger partial charge is 0.369 e. The molecule has 2 aromatic rings. The number of benzene rings is 2. The molecule has 3 rings (SSSR count). The Morgan fingerprint density at radius 3 is 2.61 bits per heavy atom. The summed E-state index contributed by atoms with van der Waals surface area (Å²) in [6, 6.07) is 9.60. The second-order valence-electron chi connectivity index (χ2n) is 5.29. The van der Waals surface area contributed by atoms with E-state index in [0.717, 1.165) is 11.6 Å². The van der Waals surface area contributed by atoms with Gasteiger partial charge in [-0.1, -0.05) is 36.2 Å². The molecule has 23 heavy (non-hydrogen) atoms. The van der Waals surface area contributed by atoms with E-state index >= 15 is 0 Å². The highest BCUT2D eigenvalue weighted by atomic mass is 32.2. The van der Waals surface area contributed by atoms with Crippen molar-refractivity contribution >= 4 is 23.2 Å². The molecule has 1 aliphatic rings. The third-order valence-corrected chi connectivity index (χ3v) is 4.23. The second kappa shape index (κ2) is 6.22. The molecule has 2 N–H and O–H groups in total. The molecule has 0 amide bonds. The van der Waals surface area contributed by atoms with Crippen LogP contribution in [0.1, 0.15) is 22.9 Å². The highest BCUT2D eigenvalue weighted by Crippen LogP contribution is 2.38. The Morgan fingerprint density at radius 2 is 1.87 bits per heavy atom.